The zero-order valence-corrected chi connectivity index (χ0v) is 11.1. The minimum atomic E-state index is 0.294. The summed E-state index contributed by atoms with van der Waals surface area (Å²) < 4.78 is 0. The predicted molar refractivity (Wildman–Crippen MR) is 72.7 cm³/mol. The smallest absolute Gasteiger partial charge is 0.144 e. The molecule has 3 N–H and O–H groups in total. The van der Waals surface area contributed by atoms with Crippen LogP contribution >= 0.6 is 23.2 Å². The Morgan fingerprint density at radius 3 is 2.82 bits per heavy atom. The third-order valence-electron chi connectivity index (χ3n) is 3.31. The summed E-state index contributed by atoms with van der Waals surface area (Å²) in [5.74, 6) is 1.20. The van der Waals surface area contributed by atoms with E-state index >= 15 is 0 Å². The molecule has 0 spiro atoms. The second kappa shape index (κ2) is 5.89. The maximum absolute atomic E-state index is 6.09. The molecular weight excluding hydrogens is 257 g/mol. The van der Waals surface area contributed by atoms with Gasteiger partial charge in [0.2, 0.25) is 0 Å². The molecule has 0 saturated heterocycles. The maximum atomic E-state index is 6.09. The number of rotatable bonds is 3. The van der Waals surface area contributed by atoms with Crippen LogP contribution in [0.5, 0.6) is 0 Å². The molecular formula is C12H17Cl2N3. The van der Waals surface area contributed by atoms with E-state index in [1.54, 1.807) is 12.3 Å². The molecule has 0 amide bonds. The lowest BCUT2D eigenvalue weighted by Crippen LogP contribution is -2.37. The van der Waals surface area contributed by atoms with E-state index in [1.165, 1.54) is 19.3 Å². The molecule has 94 valence electrons. The molecule has 2 unspecified atom stereocenters. The van der Waals surface area contributed by atoms with Gasteiger partial charge in [0.05, 0.1) is 10.0 Å². The summed E-state index contributed by atoms with van der Waals surface area (Å²) in [5.41, 5.74) is 6.09. The summed E-state index contributed by atoms with van der Waals surface area (Å²) in [6.07, 6.45) is 6.41. The Labute approximate surface area is 112 Å². The second-order valence-electron chi connectivity index (χ2n) is 4.57. The van der Waals surface area contributed by atoms with Gasteiger partial charge >= 0.3 is 0 Å². The van der Waals surface area contributed by atoms with Crippen LogP contribution in [0.4, 0.5) is 5.82 Å². The van der Waals surface area contributed by atoms with Crippen molar-refractivity contribution < 1.29 is 0 Å². The monoisotopic (exact) mass is 273 g/mol. The van der Waals surface area contributed by atoms with Crippen LogP contribution < -0.4 is 11.1 Å². The van der Waals surface area contributed by atoms with Gasteiger partial charge in [-0.2, -0.15) is 0 Å². The van der Waals surface area contributed by atoms with Crippen LogP contribution in [0, 0.1) is 5.92 Å². The Bertz CT molecular complexity index is 384. The van der Waals surface area contributed by atoms with Gasteiger partial charge in [0.15, 0.2) is 0 Å². The molecule has 0 radical (unpaired) electrons. The van der Waals surface area contributed by atoms with Gasteiger partial charge in [-0.05, 0) is 24.8 Å². The van der Waals surface area contributed by atoms with Crippen LogP contribution in [0.1, 0.15) is 25.7 Å². The van der Waals surface area contributed by atoms with E-state index in [0.717, 1.165) is 13.0 Å². The number of anilines is 1. The molecule has 2 rings (SSSR count). The Hall–Kier alpha value is -0.510. The van der Waals surface area contributed by atoms with Crippen LogP contribution in [0.2, 0.25) is 10.0 Å². The molecule has 17 heavy (non-hydrogen) atoms. The van der Waals surface area contributed by atoms with Crippen molar-refractivity contribution in [1.82, 2.24) is 4.98 Å². The maximum Gasteiger partial charge on any atom is 0.144 e. The first-order valence-electron chi connectivity index (χ1n) is 5.97. The van der Waals surface area contributed by atoms with E-state index in [1.807, 2.05) is 0 Å². The topological polar surface area (TPSA) is 50.9 Å². The lowest BCUT2D eigenvalue weighted by Gasteiger charge is -2.28. The Morgan fingerprint density at radius 1 is 1.35 bits per heavy atom. The molecule has 1 aromatic heterocycles. The summed E-state index contributed by atoms with van der Waals surface area (Å²) in [7, 11) is 0. The number of pyridine rings is 1. The molecule has 1 aliphatic rings. The van der Waals surface area contributed by atoms with Crippen molar-refractivity contribution in [2.24, 2.45) is 11.7 Å². The van der Waals surface area contributed by atoms with Gasteiger partial charge in [0, 0.05) is 18.8 Å². The quantitative estimate of drug-likeness (QED) is 0.889. The van der Waals surface area contributed by atoms with Crippen molar-refractivity contribution in [3.05, 3.63) is 22.3 Å². The molecule has 3 nitrogen and oxygen atoms in total. The van der Waals surface area contributed by atoms with E-state index in [9.17, 15) is 0 Å². The fourth-order valence-corrected chi connectivity index (χ4v) is 2.71. The van der Waals surface area contributed by atoms with Gasteiger partial charge in [-0.1, -0.05) is 36.0 Å². The highest BCUT2D eigenvalue weighted by atomic mass is 35.5. The zero-order valence-electron chi connectivity index (χ0n) is 9.63. The highest BCUT2D eigenvalue weighted by molar-refractivity contribution is 6.35. The Balaban J connectivity index is 1.92. The normalized spacial score (nSPS) is 24.6. The summed E-state index contributed by atoms with van der Waals surface area (Å²) in [5, 5.41) is 4.37. The second-order valence-corrected chi connectivity index (χ2v) is 5.42. The van der Waals surface area contributed by atoms with Crippen molar-refractivity contribution in [3.8, 4) is 0 Å². The number of aromatic nitrogens is 1. The van der Waals surface area contributed by atoms with Crippen LogP contribution in [-0.2, 0) is 0 Å². The van der Waals surface area contributed by atoms with Crippen LogP contribution in [0.25, 0.3) is 0 Å². The summed E-state index contributed by atoms with van der Waals surface area (Å²) in [6.45, 7) is 0.829. The zero-order chi connectivity index (χ0) is 12.3. The molecule has 5 heteroatoms. The van der Waals surface area contributed by atoms with Crippen LogP contribution in [-0.4, -0.2) is 17.6 Å². The van der Waals surface area contributed by atoms with E-state index in [0.29, 0.717) is 27.8 Å². The standard InChI is InChI=1S/C12H17Cl2N3/c13-9-5-10(14)12(17-7-9)16-6-8-3-1-2-4-11(8)15/h5,7-8,11H,1-4,6,15H2,(H,16,17). The third kappa shape index (κ3) is 3.47. The lowest BCUT2D eigenvalue weighted by molar-refractivity contribution is 0.321. The third-order valence-corrected chi connectivity index (χ3v) is 3.80. The molecule has 2 atom stereocenters. The molecule has 0 bridgehead atoms. The predicted octanol–water partition coefficient (Wildman–Crippen LogP) is 3.32. The van der Waals surface area contributed by atoms with Crippen molar-refractivity contribution in [2.75, 3.05) is 11.9 Å². The summed E-state index contributed by atoms with van der Waals surface area (Å²) >= 11 is 11.8. The molecule has 1 aliphatic carbocycles. The number of hydrogen-bond donors (Lipinski definition) is 2. The highest BCUT2D eigenvalue weighted by Gasteiger charge is 2.21. The molecule has 0 aliphatic heterocycles. The first kappa shape index (κ1) is 12.9. The van der Waals surface area contributed by atoms with Crippen LogP contribution in [0.15, 0.2) is 12.3 Å². The number of hydrogen-bond acceptors (Lipinski definition) is 3. The number of nitrogens with one attached hydrogen (secondary N) is 1. The Kier molecular flexibility index (Phi) is 4.48. The highest BCUT2D eigenvalue weighted by Crippen LogP contribution is 2.26. The Morgan fingerprint density at radius 2 is 2.12 bits per heavy atom. The number of halogens is 2. The average Bonchev–Trinajstić information content (AvgIpc) is 2.30. The van der Waals surface area contributed by atoms with Crippen molar-refractivity contribution >= 4 is 29.0 Å². The molecule has 1 saturated carbocycles. The van der Waals surface area contributed by atoms with Gasteiger partial charge < -0.3 is 11.1 Å². The summed E-state index contributed by atoms with van der Waals surface area (Å²) in [4.78, 5) is 4.17. The molecule has 1 aromatic rings. The average molecular weight is 274 g/mol. The first-order chi connectivity index (χ1) is 8.16. The van der Waals surface area contributed by atoms with Crippen LogP contribution in [0.3, 0.4) is 0 Å². The van der Waals surface area contributed by atoms with Crippen molar-refractivity contribution in [1.29, 1.82) is 0 Å². The SMILES string of the molecule is NC1CCCCC1CNc1ncc(Cl)cc1Cl. The minimum absolute atomic E-state index is 0.294. The van der Waals surface area contributed by atoms with E-state index in [4.69, 9.17) is 28.9 Å². The van der Waals surface area contributed by atoms with Gasteiger partial charge in [-0.25, -0.2) is 4.98 Å². The van der Waals surface area contributed by atoms with Gasteiger partial charge in [0.1, 0.15) is 5.82 Å². The largest absolute Gasteiger partial charge is 0.369 e. The molecule has 0 aromatic carbocycles. The number of nitrogens with two attached hydrogens (primary N) is 1. The molecule has 1 fully saturated rings. The summed E-state index contributed by atoms with van der Waals surface area (Å²) in [6, 6.07) is 1.99. The van der Waals surface area contributed by atoms with Crippen molar-refractivity contribution in [2.45, 2.75) is 31.7 Å². The van der Waals surface area contributed by atoms with E-state index in [2.05, 4.69) is 10.3 Å². The molecule has 1 heterocycles. The lowest BCUT2D eigenvalue weighted by atomic mass is 9.85. The van der Waals surface area contributed by atoms with Gasteiger partial charge in [-0.15, -0.1) is 0 Å². The van der Waals surface area contributed by atoms with E-state index in [-0.39, 0.29) is 0 Å². The van der Waals surface area contributed by atoms with Crippen molar-refractivity contribution in [3.63, 3.8) is 0 Å². The fourth-order valence-electron chi connectivity index (χ4n) is 2.26. The minimum Gasteiger partial charge on any atom is -0.369 e. The fraction of sp³-hybridized carbons (Fsp3) is 0.583. The van der Waals surface area contributed by atoms with Gasteiger partial charge in [0.25, 0.3) is 0 Å². The number of nitrogens with zero attached hydrogens (tertiary/aromatic N) is 1. The van der Waals surface area contributed by atoms with Gasteiger partial charge in [-0.3, -0.25) is 0 Å². The first-order valence-corrected chi connectivity index (χ1v) is 6.73. The van der Waals surface area contributed by atoms with E-state index < -0.39 is 0 Å².